The van der Waals surface area contributed by atoms with Gasteiger partial charge in [-0.1, -0.05) is 6.92 Å². The Balaban J connectivity index is 2.11. The van der Waals surface area contributed by atoms with E-state index in [4.69, 9.17) is 14.6 Å². The van der Waals surface area contributed by atoms with Gasteiger partial charge in [-0.2, -0.15) is 13.2 Å². The summed E-state index contributed by atoms with van der Waals surface area (Å²) in [5.74, 6) is -0.990. The van der Waals surface area contributed by atoms with Crippen LogP contribution in [0.15, 0.2) is 29.2 Å². The zero-order valence-corrected chi connectivity index (χ0v) is 14.3. The van der Waals surface area contributed by atoms with Gasteiger partial charge in [0.2, 0.25) is 0 Å². The lowest BCUT2D eigenvalue weighted by molar-refractivity contribution is -0.153. The van der Waals surface area contributed by atoms with Gasteiger partial charge in [0, 0.05) is 23.9 Å². The van der Waals surface area contributed by atoms with Gasteiger partial charge in [0.05, 0.1) is 12.2 Å². The van der Waals surface area contributed by atoms with Gasteiger partial charge in [-0.25, -0.2) is 4.79 Å². The molecule has 0 fully saturated rings. The summed E-state index contributed by atoms with van der Waals surface area (Å²) in [6.45, 7) is 0.786. The molecule has 1 aliphatic rings. The first kappa shape index (κ1) is 18.8. The van der Waals surface area contributed by atoms with Gasteiger partial charge in [-0.15, -0.1) is 0 Å². The molecule has 1 aliphatic heterocycles. The molecule has 1 aromatic heterocycles. The van der Waals surface area contributed by atoms with Crippen LogP contribution in [0, 0.1) is 0 Å². The second-order valence-corrected chi connectivity index (χ2v) is 6.00. The van der Waals surface area contributed by atoms with Crippen molar-refractivity contribution in [3.63, 3.8) is 0 Å². The van der Waals surface area contributed by atoms with E-state index in [1.165, 1.54) is 18.3 Å². The minimum absolute atomic E-state index is 0.0616. The summed E-state index contributed by atoms with van der Waals surface area (Å²) in [5.41, 5.74) is 0.442. The number of halogens is 3. The average molecular weight is 383 g/mol. The topological polar surface area (TPSA) is 77.8 Å². The van der Waals surface area contributed by atoms with Gasteiger partial charge in [0.15, 0.2) is 12.0 Å². The minimum atomic E-state index is -4.47. The monoisotopic (exact) mass is 383 g/mol. The number of aryl methyl sites for hydroxylation is 1. The van der Waals surface area contributed by atoms with Gasteiger partial charge in [-0.05, 0) is 18.1 Å². The van der Waals surface area contributed by atoms with E-state index < -0.39 is 24.2 Å². The summed E-state index contributed by atoms with van der Waals surface area (Å²) in [7, 11) is 0. The van der Waals surface area contributed by atoms with Crippen molar-refractivity contribution < 1.29 is 32.5 Å². The number of benzene rings is 1. The molecule has 2 heterocycles. The maximum atomic E-state index is 12.5. The van der Waals surface area contributed by atoms with Crippen LogP contribution in [0.1, 0.15) is 22.8 Å². The third kappa shape index (κ3) is 3.91. The molecule has 3 rings (SSSR count). The first-order valence-electron chi connectivity index (χ1n) is 8.17. The molecule has 0 unspecified atom stereocenters. The number of carboxylic acids is 1. The SMILES string of the molecule is CCc1cc2c(cc1OCC(F)(F)F)OCCn1cc(C(=O)O)c(=O)cc1-2. The van der Waals surface area contributed by atoms with Gasteiger partial charge in [-0.3, -0.25) is 4.79 Å². The predicted octanol–water partition coefficient (Wildman–Crippen LogP) is 3.11. The first-order chi connectivity index (χ1) is 12.7. The van der Waals surface area contributed by atoms with Crippen LogP contribution in [0.25, 0.3) is 11.3 Å². The largest absolute Gasteiger partial charge is 0.491 e. The van der Waals surface area contributed by atoms with E-state index in [1.807, 2.05) is 0 Å². The predicted molar refractivity (Wildman–Crippen MR) is 89.5 cm³/mol. The highest BCUT2D eigenvalue weighted by Gasteiger charge is 2.29. The molecule has 27 heavy (non-hydrogen) atoms. The number of pyridine rings is 1. The van der Waals surface area contributed by atoms with E-state index in [-0.39, 0.29) is 30.2 Å². The molecule has 0 amide bonds. The summed E-state index contributed by atoms with van der Waals surface area (Å²) in [5, 5.41) is 9.12. The van der Waals surface area contributed by atoms with Crippen LogP contribution in [0.3, 0.4) is 0 Å². The van der Waals surface area contributed by atoms with Crippen LogP contribution in [-0.4, -0.2) is 35.0 Å². The molecule has 0 saturated carbocycles. The Morgan fingerprint density at radius 3 is 2.70 bits per heavy atom. The standard InChI is InChI=1S/C18H16F3NO5/c1-2-10-5-11-13-6-14(23)12(17(24)25)8-22(13)3-4-26-16(11)7-15(10)27-9-18(19,20)21/h5-8H,2-4,9H2,1H3,(H,24,25). The number of aromatic carboxylic acids is 1. The van der Waals surface area contributed by atoms with Crippen LogP contribution in [0.2, 0.25) is 0 Å². The van der Waals surface area contributed by atoms with Crippen LogP contribution in [0.5, 0.6) is 11.5 Å². The van der Waals surface area contributed by atoms with Gasteiger partial charge >= 0.3 is 12.1 Å². The van der Waals surface area contributed by atoms with E-state index in [2.05, 4.69) is 0 Å². The number of alkyl halides is 3. The zero-order valence-electron chi connectivity index (χ0n) is 14.3. The van der Waals surface area contributed by atoms with Gasteiger partial charge in [0.1, 0.15) is 23.7 Å². The maximum Gasteiger partial charge on any atom is 0.422 e. The van der Waals surface area contributed by atoms with Gasteiger partial charge in [0.25, 0.3) is 0 Å². The molecule has 0 bridgehead atoms. The number of ether oxygens (including phenoxy) is 2. The first-order valence-corrected chi connectivity index (χ1v) is 8.17. The minimum Gasteiger partial charge on any atom is -0.491 e. The molecule has 0 radical (unpaired) electrons. The molecule has 0 spiro atoms. The van der Waals surface area contributed by atoms with Crippen molar-refractivity contribution in [2.45, 2.75) is 26.1 Å². The highest BCUT2D eigenvalue weighted by molar-refractivity contribution is 5.87. The van der Waals surface area contributed by atoms with Crippen LogP contribution >= 0.6 is 0 Å². The number of hydrogen-bond acceptors (Lipinski definition) is 4. The van der Waals surface area contributed by atoms with Crippen molar-refractivity contribution in [2.75, 3.05) is 13.2 Å². The van der Waals surface area contributed by atoms with Crippen molar-refractivity contribution in [3.05, 3.63) is 45.7 Å². The lowest BCUT2D eigenvalue weighted by atomic mass is 10.0. The Kier molecular flexibility index (Phi) is 4.86. The summed E-state index contributed by atoms with van der Waals surface area (Å²) in [6, 6.07) is 4.19. The Bertz CT molecular complexity index is 949. The van der Waals surface area contributed by atoms with Crippen molar-refractivity contribution >= 4 is 5.97 Å². The van der Waals surface area contributed by atoms with E-state index >= 15 is 0 Å². The second kappa shape index (κ2) is 6.98. The van der Waals surface area contributed by atoms with E-state index in [0.717, 1.165) is 0 Å². The molecule has 0 atom stereocenters. The molecule has 6 nitrogen and oxygen atoms in total. The summed E-state index contributed by atoms with van der Waals surface area (Å²) < 4.78 is 49.6. The molecular formula is C18H16F3NO5. The van der Waals surface area contributed by atoms with Crippen molar-refractivity contribution in [1.29, 1.82) is 0 Å². The average Bonchev–Trinajstić information content (AvgIpc) is 2.76. The number of aromatic nitrogens is 1. The van der Waals surface area contributed by atoms with Crippen LogP contribution < -0.4 is 14.9 Å². The summed E-state index contributed by atoms with van der Waals surface area (Å²) >= 11 is 0. The van der Waals surface area contributed by atoms with E-state index in [1.54, 1.807) is 17.6 Å². The molecule has 0 saturated heterocycles. The number of fused-ring (bicyclic) bond motifs is 3. The fourth-order valence-corrected chi connectivity index (χ4v) is 2.90. The number of rotatable bonds is 4. The Morgan fingerprint density at radius 2 is 2.07 bits per heavy atom. The highest BCUT2D eigenvalue weighted by atomic mass is 19.4. The molecule has 9 heteroatoms. The van der Waals surface area contributed by atoms with Crippen LogP contribution in [0.4, 0.5) is 13.2 Å². The smallest absolute Gasteiger partial charge is 0.422 e. The third-order valence-corrected chi connectivity index (χ3v) is 4.16. The zero-order chi connectivity index (χ0) is 19.8. The molecular weight excluding hydrogens is 367 g/mol. The molecule has 1 aromatic carbocycles. The van der Waals surface area contributed by atoms with Crippen LogP contribution in [-0.2, 0) is 13.0 Å². The fourth-order valence-electron chi connectivity index (χ4n) is 2.90. The number of carboxylic acid groups (broad SMARTS) is 1. The summed E-state index contributed by atoms with van der Waals surface area (Å²) in [6.07, 6.45) is -2.82. The molecule has 2 aromatic rings. The lowest BCUT2D eigenvalue weighted by Crippen LogP contribution is -2.20. The van der Waals surface area contributed by atoms with Gasteiger partial charge < -0.3 is 19.1 Å². The van der Waals surface area contributed by atoms with Crippen molar-refractivity contribution in [3.8, 4) is 22.8 Å². The fraction of sp³-hybridized carbons (Fsp3) is 0.333. The Labute approximate surface area is 151 Å². The number of carbonyl (C=O) groups is 1. The third-order valence-electron chi connectivity index (χ3n) is 4.16. The maximum absolute atomic E-state index is 12.5. The number of nitrogens with zero attached hydrogens (tertiary/aromatic N) is 1. The van der Waals surface area contributed by atoms with E-state index in [9.17, 15) is 22.8 Å². The highest BCUT2D eigenvalue weighted by Crippen LogP contribution is 2.38. The normalized spacial score (nSPS) is 13.2. The van der Waals surface area contributed by atoms with E-state index in [0.29, 0.717) is 23.2 Å². The van der Waals surface area contributed by atoms with Crippen molar-refractivity contribution in [2.24, 2.45) is 0 Å². The second-order valence-electron chi connectivity index (χ2n) is 6.00. The lowest BCUT2D eigenvalue weighted by Gasteiger charge is -2.17. The molecule has 1 N–H and O–H groups in total. The number of hydrogen-bond donors (Lipinski definition) is 1. The molecule has 144 valence electrons. The Morgan fingerprint density at radius 1 is 1.33 bits per heavy atom. The van der Waals surface area contributed by atoms with Crippen molar-refractivity contribution in [1.82, 2.24) is 4.57 Å². The molecule has 0 aliphatic carbocycles. The summed E-state index contributed by atoms with van der Waals surface area (Å²) in [4.78, 5) is 23.3. The Hall–Kier alpha value is -2.97. The quantitative estimate of drug-likeness (QED) is 0.878.